The van der Waals surface area contributed by atoms with Crippen molar-refractivity contribution < 1.29 is 14.3 Å². The third-order valence-corrected chi connectivity index (χ3v) is 3.73. The van der Waals surface area contributed by atoms with Gasteiger partial charge in [0.15, 0.2) is 5.78 Å². The summed E-state index contributed by atoms with van der Waals surface area (Å²) in [5, 5.41) is 0.211. The molecule has 1 aromatic carbocycles. The van der Waals surface area contributed by atoms with Gasteiger partial charge in [-0.2, -0.15) is 0 Å². The van der Waals surface area contributed by atoms with Gasteiger partial charge >= 0.3 is 6.09 Å². The lowest BCUT2D eigenvalue weighted by Gasteiger charge is -2.35. The molecule has 0 heterocycles. The highest BCUT2D eigenvalue weighted by Gasteiger charge is 2.36. The number of Topliss-reactive ketones (excluding diaryl/α,β-unsaturated/α-hetero) is 1. The molecule has 0 spiro atoms. The Hall–Kier alpha value is -1.36. The molecule has 0 N–H and O–H groups in total. The van der Waals surface area contributed by atoms with Crippen molar-refractivity contribution in [3.63, 3.8) is 0 Å². The number of nitrogens with zero attached hydrogens (tertiary/aromatic N) is 1. The van der Waals surface area contributed by atoms with Crippen LogP contribution in [0.2, 0.25) is 0 Å². The first-order valence-corrected chi connectivity index (χ1v) is 7.63. The quantitative estimate of drug-likeness (QED) is 0.745. The molecule has 1 rings (SSSR count). The molecule has 0 saturated carbocycles. The van der Waals surface area contributed by atoms with Crippen molar-refractivity contribution >= 4 is 27.8 Å². The van der Waals surface area contributed by atoms with E-state index in [1.54, 1.807) is 13.8 Å². The maximum absolute atomic E-state index is 12.2. The number of ether oxygens (including phenoxy) is 1. The molecule has 0 radical (unpaired) electrons. The predicted molar refractivity (Wildman–Crippen MR) is 81.9 cm³/mol. The number of amides is 1. The Balaban J connectivity index is 2.70. The smallest absolute Gasteiger partial charge is 0.410 e. The Morgan fingerprint density at radius 1 is 1.25 bits per heavy atom. The van der Waals surface area contributed by atoms with Crippen molar-refractivity contribution in [2.45, 2.75) is 32.9 Å². The molecule has 110 valence electrons. The van der Waals surface area contributed by atoms with Crippen LogP contribution in [0.25, 0.3) is 0 Å². The first-order chi connectivity index (χ1) is 9.43. The van der Waals surface area contributed by atoms with Gasteiger partial charge in [-0.1, -0.05) is 46.3 Å². The molecular formula is C15H20BrNO3. The molecule has 0 aliphatic heterocycles. The third kappa shape index (κ3) is 4.07. The summed E-state index contributed by atoms with van der Waals surface area (Å²) in [6.45, 7) is 5.90. The van der Waals surface area contributed by atoms with Crippen LogP contribution < -0.4 is 0 Å². The summed E-state index contributed by atoms with van der Waals surface area (Å²) in [5.41, 5.74) is 0.0352. The van der Waals surface area contributed by atoms with E-state index < -0.39 is 11.6 Å². The van der Waals surface area contributed by atoms with Crippen molar-refractivity contribution in [2.24, 2.45) is 0 Å². The number of carbonyl (C=O) groups is 2. The van der Waals surface area contributed by atoms with E-state index >= 15 is 0 Å². The second kappa shape index (κ2) is 7.43. The van der Waals surface area contributed by atoms with Crippen LogP contribution in [0.3, 0.4) is 0 Å². The molecule has 0 aromatic heterocycles. The first kappa shape index (κ1) is 16.7. The van der Waals surface area contributed by atoms with Gasteiger partial charge < -0.3 is 4.74 Å². The summed E-state index contributed by atoms with van der Waals surface area (Å²) in [4.78, 5) is 25.5. The maximum atomic E-state index is 12.2. The number of ketones is 1. The highest BCUT2D eigenvalue weighted by Crippen LogP contribution is 2.18. The highest BCUT2D eigenvalue weighted by molar-refractivity contribution is 9.09. The standard InChI is InChI=1S/C15H20BrNO3/c1-4-17(15(2,3)13(18)10-16)14(19)20-11-12-8-6-5-7-9-12/h5-9H,4,10-11H2,1-3H3. The van der Waals surface area contributed by atoms with E-state index in [2.05, 4.69) is 15.9 Å². The summed E-state index contributed by atoms with van der Waals surface area (Å²) in [5.74, 6) is -0.0592. The molecule has 0 aliphatic rings. The van der Waals surface area contributed by atoms with E-state index in [0.717, 1.165) is 5.56 Å². The lowest BCUT2D eigenvalue weighted by molar-refractivity contribution is -0.125. The largest absolute Gasteiger partial charge is 0.445 e. The summed E-state index contributed by atoms with van der Waals surface area (Å²) in [7, 11) is 0. The monoisotopic (exact) mass is 341 g/mol. The van der Waals surface area contributed by atoms with Crippen LogP contribution in [0, 0.1) is 0 Å². The molecule has 0 atom stereocenters. The van der Waals surface area contributed by atoms with Crippen LogP contribution >= 0.6 is 15.9 Å². The number of likely N-dealkylation sites (N-methyl/N-ethyl adjacent to an activating group) is 1. The van der Waals surface area contributed by atoms with Crippen molar-refractivity contribution in [3.8, 4) is 0 Å². The van der Waals surface area contributed by atoms with E-state index in [1.807, 2.05) is 37.3 Å². The summed E-state index contributed by atoms with van der Waals surface area (Å²) >= 11 is 3.14. The Bertz CT molecular complexity index is 459. The van der Waals surface area contributed by atoms with E-state index in [0.29, 0.717) is 6.54 Å². The summed E-state index contributed by atoms with van der Waals surface area (Å²) < 4.78 is 5.28. The molecule has 1 amide bonds. The number of benzene rings is 1. The molecule has 0 fully saturated rings. The number of halogens is 1. The Morgan fingerprint density at radius 3 is 2.35 bits per heavy atom. The van der Waals surface area contributed by atoms with E-state index in [1.165, 1.54) is 4.90 Å². The Morgan fingerprint density at radius 2 is 1.85 bits per heavy atom. The number of hydrogen-bond donors (Lipinski definition) is 0. The molecule has 5 heteroatoms. The Kier molecular flexibility index (Phi) is 6.20. The molecule has 20 heavy (non-hydrogen) atoms. The molecule has 0 aliphatic carbocycles. The number of carbonyl (C=O) groups excluding carboxylic acids is 2. The lowest BCUT2D eigenvalue weighted by atomic mass is 9.98. The third-order valence-electron chi connectivity index (χ3n) is 3.22. The molecule has 4 nitrogen and oxygen atoms in total. The fraction of sp³-hybridized carbons (Fsp3) is 0.467. The normalized spacial score (nSPS) is 11.0. The zero-order valence-electron chi connectivity index (χ0n) is 12.1. The van der Waals surface area contributed by atoms with Crippen LogP contribution in [0.15, 0.2) is 30.3 Å². The predicted octanol–water partition coefficient (Wildman–Crippen LogP) is 3.39. The zero-order valence-corrected chi connectivity index (χ0v) is 13.6. The van der Waals surface area contributed by atoms with Crippen molar-refractivity contribution in [1.29, 1.82) is 0 Å². The van der Waals surface area contributed by atoms with Gasteiger partial charge in [-0.15, -0.1) is 0 Å². The van der Waals surface area contributed by atoms with Gasteiger partial charge in [0.25, 0.3) is 0 Å². The summed E-state index contributed by atoms with van der Waals surface area (Å²) in [6.07, 6.45) is -0.476. The molecule has 0 saturated heterocycles. The average molecular weight is 342 g/mol. The molecule has 0 bridgehead atoms. The van der Waals surface area contributed by atoms with E-state index in [9.17, 15) is 9.59 Å². The Labute approximate surface area is 128 Å². The van der Waals surface area contributed by atoms with Crippen molar-refractivity contribution in [3.05, 3.63) is 35.9 Å². The minimum Gasteiger partial charge on any atom is -0.445 e. The fourth-order valence-corrected chi connectivity index (χ4v) is 2.55. The van der Waals surface area contributed by atoms with Crippen LogP contribution in [0.4, 0.5) is 4.79 Å². The van der Waals surface area contributed by atoms with Crippen LogP contribution in [0.1, 0.15) is 26.3 Å². The van der Waals surface area contributed by atoms with Crippen molar-refractivity contribution in [2.75, 3.05) is 11.9 Å². The number of alkyl halides is 1. The number of hydrogen-bond acceptors (Lipinski definition) is 3. The topological polar surface area (TPSA) is 46.6 Å². The van der Waals surface area contributed by atoms with Gasteiger partial charge in [0.2, 0.25) is 0 Å². The minimum absolute atomic E-state index is 0.0592. The average Bonchev–Trinajstić information content (AvgIpc) is 2.45. The van der Waals surface area contributed by atoms with Crippen LogP contribution in [-0.4, -0.2) is 34.2 Å². The van der Waals surface area contributed by atoms with E-state index in [-0.39, 0.29) is 17.7 Å². The minimum atomic E-state index is -0.883. The van der Waals surface area contributed by atoms with Gasteiger partial charge in [-0.3, -0.25) is 9.69 Å². The van der Waals surface area contributed by atoms with E-state index in [4.69, 9.17) is 4.74 Å². The SMILES string of the molecule is CCN(C(=O)OCc1ccccc1)C(C)(C)C(=O)CBr. The fourth-order valence-electron chi connectivity index (χ4n) is 1.86. The maximum Gasteiger partial charge on any atom is 0.410 e. The van der Waals surface area contributed by atoms with Crippen LogP contribution in [-0.2, 0) is 16.1 Å². The number of rotatable bonds is 6. The first-order valence-electron chi connectivity index (χ1n) is 6.51. The summed E-state index contributed by atoms with van der Waals surface area (Å²) in [6, 6.07) is 9.45. The molecule has 1 aromatic rings. The van der Waals surface area contributed by atoms with Gasteiger partial charge in [0.05, 0.1) is 10.9 Å². The van der Waals surface area contributed by atoms with Gasteiger partial charge in [0, 0.05) is 6.54 Å². The lowest BCUT2D eigenvalue weighted by Crippen LogP contribution is -2.53. The molecular weight excluding hydrogens is 322 g/mol. The second-order valence-corrected chi connectivity index (χ2v) is 5.46. The zero-order chi connectivity index (χ0) is 15.2. The van der Waals surface area contributed by atoms with Gasteiger partial charge in [-0.25, -0.2) is 4.79 Å². The van der Waals surface area contributed by atoms with Crippen molar-refractivity contribution in [1.82, 2.24) is 4.90 Å². The second-order valence-electron chi connectivity index (χ2n) is 4.90. The van der Waals surface area contributed by atoms with Gasteiger partial charge in [0.1, 0.15) is 6.61 Å². The molecule has 0 unspecified atom stereocenters. The van der Waals surface area contributed by atoms with Gasteiger partial charge in [-0.05, 0) is 26.3 Å². The highest BCUT2D eigenvalue weighted by atomic mass is 79.9. The van der Waals surface area contributed by atoms with Crippen LogP contribution in [0.5, 0.6) is 0 Å².